The summed E-state index contributed by atoms with van der Waals surface area (Å²) in [5.74, 6) is -0.279. The third kappa shape index (κ3) is 4.06. The van der Waals surface area contributed by atoms with Crippen molar-refractivity contribution in [1.82, 2.24) is 20.2 Å². The van der Waals surface area contributed by atoms with Crippen LogP contribution in [0.4, 0.5) is 5.82 Å². The molecule has 1 aromatic carbocycles. The first-order valence-electron chi connectivity index (χ1n) is 10.6. The van der Waals surface area contributed by atoms with E-state index in [0.29, 0.717) is 29.3 Å². The average molecular weight is 458 g/mol. The fourth-order valence-electron chi connectivity index (χ4n) is 4.08. The van der Waals surface area contributed by atoms with Crippen molar-refractivity contribution in [2.24, 2.45) is 5.92 Å². The molecular weight excluding hydrogens is 430 g/mol. The molecule has 0 saturated heterocycles. The number of anilines is 1. The molecule has 4 rings (SSSR count). The number of sulfone groups is 1. The van der Waals surface area contributed by atoms with Crippen LogP contribution in [0.3, 0.4) is 0 Å². The first kappa shape index (κ1) is 22.2. The number of fused-ring (bicyclic) bond motifs is 1. The second-order valence-corrected chi connectivity index (χ2v) is 10.9. The Hall–Kier alpha value is -3.01. The highest BCUT2D eigenvalue weighted by Gasteiger charge is 2.41. The van der Waals surface area contributed by atoms with Crippen molar-refractivity contribution in [1.29, 1.82) is 0 Å². The lowest BCUT2D eigenvalue weighted by Crippen LogP contribution is -2.35. The molecule has 0 unspecified atom stereocenters. The quantitative estimate of drug-likeness (QED) is 0.677. The SMILES string of the molecule is CC(C)NC(=O)c1nc(-c2cc3c(c(S(C)(=O)=O)c2)C(=O)N([C@@H](C)C2CC2)C3)cnc1N. The van der Waals surface area contributed by atoms with E-state index in [-0.39, 0.29) is 40.0 Å². The van der Waals surface area contributed by atoms with Gasteiger partial charge in [0.2, 0.25) is 0 Å². The fraction of sp³-hybridized carbons (Fsp3) is 0.455. The minimum Gasteiger partial charge on any atom is -0.382 e. The first-order chi connectivity index (χ1) is 15.0. The molecule has 32 heavy (non-hydrogen) atoms. The van der Waals surface area contributed by atoms with E-state index in [1.54, 1.807) is 11.0 Å². The van der Waals surface area contributed by atoms with E-state index in [0.717, 1.165) is 19.1 Å². The average Bonchev–Trinajstić information content (AvgIpc) is 3.50. The van der Waals surface area contributed by atoms with Gasteiger partial charge in [0.05, 0.1) is 22.3 Å². The summed E-state index contributed by atoms with van der Waals surface area (Å²) in [4.78, 5) is 35.8. The minimum absolute atomic E-state index is 0.0176. The number of carbonyl (C=O) groups excluding carboxylic acids is 2. The summed E-state index contributed by atoms with van der Waals surface area (Å²) < 4.78 is 25.2. The number of amides is 2. The lowest BCUT2D eigenvalue weighted by atomic mass is 10.0. The van der Waals surface area contributed by atoms with Gasteiger partial charge in [-0.15, -0.1) is 0 Å². The molecule has 3 N–H and O–H groups in total. The fourth-order valence-corrected chi connectivity index (χ4v) is 5.01. The highest BCUT2D eigenvalue weighted by Crippen LogP contribution is 2.40. The van der Waals surface area contributed by atoms with E-state index in [4.69, 9.17) is 5.73 Å². The van der Waals surface area contributed by atoms with Gasteiger partial charge in [0.1, 0.15) is 0 Å². The molecule has 2 aromatic rings. The van der Waals surface area contributed by atoms with Gasteiger partial charge >= 0.3 is 0 Å². The van der Waals surface area contributed by atoms with Crippen LogP contribution >= 0.6 is 0 Å². The Bertz CT molecular complexity index is 1220. The van der Waals surface area contributed by atoms with Gasteiger partial charge in [-0.2, -0.15) is 0 Å². The van der Waals surface area contributed by atoms with Crippen LogP contribution in [0.25, 0.3) is 11.3 Å². The molecule has 1 aliphatic carbocycles. The number of rotatable bonds is 6. The van der Waals surface area contributed by atoms with E-state index >= 15 is 0 Å². The standard InChI is InChI=1S/C22H27N5O4S/c1-11(2)25-21(28)19-20(23)24-9-16(26-19)14-7-15-10-27(12(3)13-5-6-13)22(29)18(15)17(8-14)32(4,30)31/h7-9,11-13H,5-6,10H2,1-4H3,(H2,23,24)(H,25,28)/t12-/m0/s1. The van der Waals surface area contributed by atoms with Crippen LogP contribution in [0.2, 0.25) is 0 Å². The lowest BCUT2D eigenvalue weighted by molar-refractivity contribution is 0.0694. The Morgan fingerprint density at radius 3 is 2.53 bits per heavy atom. The predicted octanol–water partition coefficient (Wildman–Crippen LogP) is 2.02. The summed E-state index contributed by atoms with van der Waals surface area (Å²) >= 11 is 0. The zero-order valence-electron chi connectivity index (χ0n) is 18.5. The number of carbonyl (C=O) groups is 2. The van der Waals surface area contributed by atoms with Crippen molar-refractivity contribution in [3.05, 3.63) is 35.2 Å². The summed E-state index contributed by atoms with van der Waals surface area (Å²) in [6.07, 6.45) is 4.64. The highest BCUT2D eigenvalue weighted by molar-refractivity contribution is 7.90. The molecule has 2 heterocycles. The zero-order valence-corrected chi connectivity index (χ0v) is 19.4. The van der Waals surface area contributed by atoms with Crippen LogP contribution in [0.5, 0.6) is 0 Å². The van der Waals surface area contributed by atoms with Crippen LogP contribution in [0, 0.1) is 5.92 Å². The van der Waals surface area contributed by atoms with E-state index in [9.17, 15) is 18.0 Å². The van der Waals surface area contributed by atoms with Crippen LogP contribution in [0.15, 0.2) is 23.2 Å². The van der Waals surface area contributed by atoms with Crippen LogP contribution < -0.4 is 11.1 Å². The van der Waals surface area contributed by atoms with Gasteiger partial charge in [-0.05, 0) is 57.2 Å². The molecule has 2 amide bonds. The number of aromatic nitrogens is 2. The summed E-state index contributed by atoms with van der Waals surface area (Å²) in [6.45, 7) is 5.98. The van der Waals surface area contributed by atoms with Gasteiger partial charge in [-0.3, -0.25) is 9.59 Å². The maximum absolute atomic E-state index is 13.1. The molecule has 1 aliphatic heterocycles. The molecule has 10 heteroatoms. The number of hydrogen-bond donors (Lipinski definition) is 2. The second kappa shape index (κ2) is 7.84. The molecular formula is C22H27N5O4S. The number of nitrogen functional groups attached to an aromatic ring is 1. The zero-order chi connectivity index (χ0) is 23.4. The van der Waals surface area contributed by atoms with Crippen LogP contribution in [-0.2, 0) is 16.4 Å². The summed E-state index contributed by atoms with van der Waals surface area (Å²) in [5, 5.41) is 2.73. The second-order valence-electron chi connectivity index (χ2n) is 8.91. The van der Waals surface area contributed by atoms with Gasteiger partial charge in [0.25, 0.3) is 11.8 Å². The molecule has 1 saturated carbocycles. The van der Waals surface area contributed by atoms with E-state index in [2.05, 4.69) is 15.3 Å². The number of benzene rings is 1. The molecule has 1 aromatic heterocycles. The number of nitrogens with one attached hydrogen (secondary N) is 1. The predicted molar refractivity (Wildman–Crippen MR) is 120 cm³/mol. The monoisotopic (exact) mass is 457 g/mol. The lowest BCUT2D eigenvalue weighted by Gasteiger charge is -2.24. The van der Waals surface area contributed by atoms with Crippen molar-refractivity contribution in [3.8, 4) is 11.3 Å². The Morgan fingerprint density at radius 1 is 1.25 bits per heavy atom. The van der Waals surface area contributed by atoms with Crippen LogP contribution in [0.1, 0.15) is 60.0 Å². The Labute approximate surface area is 187 Å². The molecule has 1 fully saturated rings. The number of nitrogens with two attached hydrogens (primary N) is 1. The van der Waals surface area contributed by atoms with Gasteiger partial charge in [0.15, 0.2) is 21.3 Å². The van der Waals surface area contributed by atoms with E-state index in [1.807, 2.05) is 20.8 Å². The largest absolute Gasteiger partial charge is 0.382 e. The molecule has 0 radical (unpaired) electrons. The molecule has 1 atom stereocenters. The highest BCUT2D eigenvalue weighted by atomic mass is 32.2. The van der Waals surface area contributed by atoms with E-state index < -0.39 is 15.7 Å². The summed E-state index contributed by atoms with van der Waals surface area (Å²) in [6, 6.07) is 3.12. The van der Waals surface area contributed by atoms with E-state index in [1.165, 1.54) is 12.3 Å². The van der Waals surface area contributed by atoms with Crippen LogP contribution in [-0.4, -0.2) is 53.4 Å². The van der Waals surface area contributed by atoms with Crippen molar-refractivity contribution < 1.29 is 18.0 Å². The van der Waals surface area contributed by atoms with Gasteiger partial charge in [-0.25, -0.2) is 18.4 Å². The van der Waals surface area contributed by atoms with Crippen molar-refractivity contribution >= 4 is 27.5 Å². The maximum Gasteiger partial charge on any atom is 0.273 e. The van der Waals surface area contributed by atoms with Gasteiger partial charge in [-0.1, -0.05) is 0 Å². The summed E-state index contributed by atoms with van der Waals surface area (Å²) in [5.41, 5.74) is 7.45. The first-order valence-corrected chi connectivity index (χ1v) is 12.5. The third-order valence-corrected chi connectivity index (χ3v) is 7.05. The summed E-state index contributed by atoms with van der Waals surface area (Å²) in [7, 11) is -3.70. The molecule has 0 bridgehead atoms. The Kier molecular flexibility index (Phi) is 5.44. The normalized spacial score (nSPS) is 16.9. The van der Waals surface area contributed by atoms with Crippen molar-refractivity contribution in [3.63, 3.8) is 0 Å². The maximum atomic E-state index is 13.1. The van der Waals surface area contributed by atoms with Gasteiger partial charge < -0.3 is 16.0 Å². The smallest absolute Gasteiger partial charge is 0.273 e. The number of hydrogen-bond acceptors (Lipinski definition) is 7. The van der Waals surface area contributed by atoms with Crippen molar-refractivity contribution in [2.45, 2.75) is 57.1 Å². The van der Waals surface area contributed by atoms with Crippen molar-refractivity contribution in [2.75, 3.05) is 12.0 Å². The minimum atomic E-state index is -3.70. The van der Waals surface area contributed by atoms with Gasteiger partial charge in [0, 0.05) is 30.4 Å². The third-order valence-electron chi connectivity index (χ3n) is 5.93. The Balaban J connectivity index is 1.80. The molecule has 9 nitrogen and oxygen atoms in total. The molecule has 2 aliphatic rings. The Morgan fingerprint density at radius 2 is 1.94 bits per heavy atom. The topological polar surface area (TPSA) is 135 Å². The molecule has 0 spiro atoms. The molecule has 170 valence electrons. The number of nitrogens with zero attached hydrogens (tertiary/aromatic N) is 3.